The molecule has 1 aromatic heterocycles. The molecule has 3 aliphatic rings. The maximum atomic E-state index is 13.3. The van der Waals surface area contributed by atoms with Gasteiger partial charge in [-0.2, -0.15) is 0 Å². The number of aliphatic hydroxyl groups excluding tert-OH is 1. The number of thiazole rings is 1. The highest BCUT2D eigenvalue weighted by molar-refractivity contribution is 7.15. The summed E-state index contributed by atoms with van der Waals surface area (Å²) in [6.45, 7) is 1.68. The quantitative estimate of drug-likeness (QED) is 0.580. The zero-order valence-electron chi connectivity index (χ0n) is 18.1. The second-order valence-electron chi connectivity index (χ2n) is 8.92. The van der Waals surface area contributed by atoms with E-state index in [0.29, 0.717) is 17.4 Å². The lowest BCUT2D eigenvalue weighted by Gasteiger charge is -2.26. The van der Waals surface area contributed by atoms with Crippen molar-refractivity contribution in [3.63, 3.8) is 0 Å². The summed E-state index contributed by atoms with van der Waals surface area (Å²) < 4.78 is 10.9. The van der Waals surface area contributed by atoms with Crippen molar-refractivity contribution in [3.05, 3.63) is 70.7 Å². The first-order valence-corrected chi connectivity index (χ1v) is 12.1. The highest BCUT2D eigenvalue weighted by Gasteiger charge is 2.52. The van der Waals surface area contributed by atoms with E-state index in [1.165, 1.54) is 11.3 Å². The molecule has 8 heteroatoms. The maximum absolute atomic E-state index is 13.3. The van der Waals surface area contributed by atoms with E-state index < -0.39 is 5.41 Å². The van der Waals surface area contributed by atoms with E-state index in [0.717, 1.165) is 47.6 Å². The molecule has 3 aromatic rings. The van der Waals surface area contributed by atoms with Gasteiger partial charge in [0.05, 0.1) is 17.6 Å². The third-order valence-corrected chi connectivity index (χ3v) is 7.76. The second kappa shape index (κ2) is 8.13. The highest BCUT2D eigenvalue weighted by Crippen LogP contribution is 2.51. The van der Waals surface area contributed by atoms with E-state index in [9.17, 15) is 9.90 Å². The van der Waals surface area contributed by atoms with Crippen molar-refractivity contribution in [1.82, 2.24) is 9.88 Å². The lowest BCUT2D eigenvalue weighted by atomic mass is 9.94. The molecule has 33 heavy (non-hydrogen) atoms. The van der Waals surface area contributed by atoms with Crippen LogP contribution >= 0.6 is 11.3 Å². The number of fused-ring (bicyclic) bond motifs is 1. The number of aromatic nitrogens is 1. The SMILES string of the molecule is O=C(Nc1ncc(C(c2ccccc2)N2CC[C@@H](O)C2)s1)C1(c2ccc3c(c2)OCO3)CC1. The molecule has 0 bridgehead atoms. The molecule has 1 aliphatic carbocycles. The molecule has 7 nitrogen and oxygen atoms in total. The van der Waals surface area contributed by atoms with Crippen molar-refractivity contribution < 1.29 is 19.4 Å². The van der Waals surface area contributed by atoms with E-state index in [-0.39, 0.29) is 24.8 Å². The molecule has 2 atom stereocenters. The number of carbonyl (C=O) groups is 1. The Morgan fingerprint density at radius 1 is 1.18 bits per heavy atom. The topological polar surface area (TPSA) is 83.9 Å². The zero-order chi connectivity index (χ0) is 22.4. The average molecular weight is 464 g/mol. The number of anilines is 1. The van der Waals surface area contributed by atoms with Crippen LogP contribution in [0.3, 0.4) is 0 Å². The summed E-state index contributed by atoms with van der Waals surface area (Å²) in [6, 6.07) is 16.0. The number of hydrogen-bond donors (Lipinski definition) is 2. The summed E-state index contributed by atoms with van der Waals surface area (Å²) in [7, 11) is 0. The Kier molecular flexibility index (Phi) is 5.09. The highest BCUT2D eigenvalue weighted by atomic mass is 32.1. The normalized spacial score (nSPS) is 21.7. The van der Waals surface area contributed by atoms with Gasteiger partial charge < -0.3 is 19.9 Å². The first kappa shape index (κ1) is 20.7. The average Bonchev–Trinajstić information content (AvgIpc) is 3.13. The first-order chi connectivity index (χ1) is 16.1. The first-order valence-electron chi connectivity index (χ1n) is 11.3. The van der Waals surface area contributed by atoms with Crippen LogP contribution in [0.1, 0.15) is 41.3 Å². The monoisotopic (exact) mass is 463 g/mol. The fourth-order valence-electron chi connectivity index (χ4n) is 4.85. The van der Waals surface area contributed by atoms with Crippen LogP contribution < -0.4 is 14.8 Å². The Labute approximate surface area is 196 Å². The molecule has 3 heterocycles. The van der Waals surface area contributed by atoms with Crippen LogP contribution in [-0.2, 0) is 10.2 Å². The predicted molar refractivity (Wildman–Crippen MR) is 125 cm³/mol. The van der Waals surface area contributed by atoms with E-state index in [4.69, 9.17) is 9.47 Å². The number of nitrogens with zero attached hydrogens (tertiary/aromatic N) is 2. The van der Waals surface area contributed by atoms with Crippen molar-refractivity contribution in [2.24, 2.45) is 0 Å². The lowest BCUT2D eigenvalue weighted by molar-refractivity contribution is -0.118. The maximum Gasteiger partial charge on any atom is 0.236 e. The van der Waals surface area contributed by atoms with Gasteiger partial charge in [-0.05, 0) is 42.5 Å². The number of hydrogen-bond acceptors (Lipinski definition) is 7. The second-order valence-corrected chi connectivity index (χ2v) is 9.98. The number of nitrogens with one attached hydrogen (secondary N) is 1. The van der Waals surface area contributed by atoms with Crippen molar-refractivity contribution in [2.75, 3.05) is 25.2 Å². The smallest absolute Gasteiger partial charge is 0.236 e. The largest absolute Gasteiger partial charge is 0.454 e. The molecule has 170 valence electrons. The molecule has 2 aliphatic heterocycles. The molecule has 0 spiro atoms. The van der Waals surface area contributed by atoms with Gasteiger partial charge in [-0.15, -0.1) is 0 Å². The molecule has 0 radical (unpaired) electrons. The Balaban J connectivity index is 1.23. The van der Waals surface area contributed by atoms with Gasteiger partial charge in [0.25, 0.3) is 0 Å². The summed E-state index contributed by atoms with van der Waals surface area (Å²) >= 11 is 1.50. The number of ether oxygens (including phenoxy) is 2. The number of benzene rings is 2. The van der Waals surface area contributed by atoms with Crippen molar-refractivity contribution >= 4 is 22.4 Å². The molecular formula is C25H25N3O4S. The summed E-state index contributed by atoms with van der Waals surface area (Å²) in [5.41, 5.74) is 1.58. The Morgan fingerprint density at radius 2 is 2.00 bits per heavy atom. The third kappa shape index (κ3) is 3.78. The van der Waals surface area contributed by atoms with Gasteiger partial charge >= 0.3 is 0 Å². The van der Waals surface area contributed by atoms with E-state index >= 15 is 0 Å². The number of amides is 1. The fraction of sp³-hybridized carbons (Fsp3) is 0.360. The van der Waals surface area contributed by atoms with Crippen LogP contribution in [0.2, 0.25) is 0 Å². The van der Waals surface area contributed by atoms with Gasteiger partial charge in [0.1, 0.15) is 0 Å². The van der Waals surface area contributed by atoms with Gasteiger partial charge in [-0.25, -0.2) is 4.98 Å². The van der Waals surface area contributed by atoms with Gasteiger partial charge in [0.2, 0.25) is 12.7 Å². The van der Waals surface area contributed by atoms with Crippen LogP contribution in [0.4, 0.5) is 5.13 Å². The number of aliphatic hydroxyl groups is 1. The standard InChI is InChI=1S/C25H25N3O4S/c29-18-8-11-28(14-18)22(16-4-2-1-3-5-16)21-13-26-24(33-21)27-23(30)25(9-10-25)17-6-7-19-20(12-17)32-15-31-19/h1-7,12-13,18,22,29H,8-11,14-15H2,(H,26,27,30)/t18-,22?/m1/s1. The lowest BCUT2D eigenvalue weighted by Crippen LogP contribution is -2.28. The Morgan fingerprint density at radius 3 is 2.76 bits per heavy atom. The Bertz CT molecular complexity index is 1180. The molecule has 6 rings (SSSR count). The minimum absolute atomic E-state index is 0.00949. The summed E-state index contributed by atoms with van der Waals surface area (Å²) in [5, 5.41) is 13.8. The number of likely N-dealkylation sites (tertiary alicyclic amines) is 1. The molecule has 2 N–H and O–H groups in total. The van der Waals surface area contributed by atoms with Gasteiger partial charge in [-0.3, -0.25) is 9.69 Å². The number of β-amino-alcohol motifs (C(OH)–C–C–N with tert-alkyl or cyclic N) is 1. The van der Waals surface area contributed by atoms with Crippen LogP contribution in [0.5, 0.6) is 11.5 Å². The van der Waals surface area contributed by atoms with E-state index in [1.807, 2.05) is 42.6 Å². The van der Waals surface area contributed by atoms with Crippen LogP contribution in [0.15, 0.2) is 54.7 Å². The van der Waals surface area contributed by atoms with Crippen molar-refractivity contribution in [3.8, 4) is 11.5 Å². The fourth-order valence-corrected chi connectivity index (χ4v) is 5.82. The molecule has 2 fully saturated rings. The van der Waals surface area contributed by atoms with Crippen LogP contribution in [0.25, 0.3) is 0 Å². The predicted octanol–water partition coefficient (Wildman–Crippen LogP) is 3.70. The zero-order valence-corrected chi connectivity index (χ0v) is 18.9. The summed E-state index contributed by atoms with van der Waals surface area (Å²) in [5.74, 6) is 1.38. The van der Waals surface area contributed by atoms with E-state index in [2.05, 4.69) is 27.3 Å². The molecule has 1 amide bonds. The third-order valence-electron chi connectivity index (χ3n) is 6.80. The van der Waals surface area contributed by atoms with Crippen LogP contribution in [0, 0.1) is 0 Å². The Hall–Kier alpha value is -2.94. The molecule has 1 saturated carbocycles. The van der Waals surface area contributed by atoms with Crippen molar-refractivity contribution in [1.29, 1.82) is 0 Å². The van der Waals surface area contributed by atoms with E-state index in [1.54, 1.807) is 0 Å². The molecule has 1 saturated heterocycles. The van der Waals surface area contributed by atoms with Gasteiger partial charge in [-0.1, -0.05) is 47.7 Å². The molecule has 2 aromatic carbocycles. The number of rotatable bonds is 6. The van der Waals surface area contributed by atoms with Crippen LogP contribution in [-0.4, -0.2) is 46.9 Å². The molecular weight excluding hydrogens is 438 g/mol. The summed E-state index contributed by atoms with van der Waals surface area (Å²) in [4.78, 5) is 21.2. The van der Waals surface area contributed by atoms with Crippen molar-refractivity contribution in [2.45, 2.75) is 36.8 Å². The van der Waals surface area contributed by atoms with Gasteiger partial charge in [0.15, 0.2) is 16.6 Å². The number of carbonyl (C=O) groups excluding carboxylic acids is 1. The molecule has 1 unspecified atom stereocenters. The summed E-state index contributed by atoms with van der Waals surface area (Å²) in [6.07, 6.45) is 3.91. The minimum atomic E-state index is -0.537. The minimum Gasteiger partial charge on any atom is -0.454 e. The van der Waals surface area contributed by atoms with Gasteiger partial charge in [0, 0.05) is 24.2 Å².